The second kappa shape index (κ2) is 7.72. The van der Waals surface area contributed by atoms with Crippen molar-refractivity contribution >= 4 is 44.4 Å². The molecule has 0 bridgehead atoms. The van der Waals surface area contributed by atoms with Gasteiger partial charge in [0.1, 0.15) is 11.6 Å². The molecule has 2 aromatic carbocycles. The summed E-state index contributed by atoms with van der Waals surface area (Å²) in [5.74, 6) is 6.13. The highest BCUT2D eigenvalue weighted by atomic mass is 79.9. The van der Waals surface area contributed by atoms with E-state index in [0.717, 1.165) is 20.3 Å². The highest BCUT2D eigenvalue weighted by Crippen LogP contribution is 2.31. The first-order valence-corrected chi connectivity index (χ1v) is 10.1. The third-order valence-corrected chi connectivity index (χ3v) is 5.23. The molecule has 0 aliphatic carbocycles. The van der Waals surface area contributed by atoms with E-state index in [1.807, 2.05) is 64.1 Å². The predicted octanol–water partition coefficient (Wildman–Crippen LogP) is 4.45. The van der Waals surface area contributed by atoms with Gasteiger partial charge in [0, 0.05) is 16.4 Å². The predicted molar refractivity (Wildman–Crippen MR) is 114 cm³/mol. The maximum atomic E-state index is 13.2. The van der Waals surface area contributed by atoms with Crippen LogP contribution in [0.5, 0.6) is 0 Å². The number of carbonyl (C=O) groups excluding carboxylic acids is 2. The largest absolute Gasteiger partial charge is 0.444 e. The Kier molecular flexibility index (Phi) is 5.68. The monoisotopic (exact) mass is 447 g/mol. The van der Waals surface area contributed by atoms with Crippen LogP contribution in [0.2, 0.25) is 0 Å². The number of fused-ring (bicyclic) bond motifs is 1. The average molecular weight is 448 g/mol. The quantitative estimate of drug-likeness (QED) is 0.418. The van der Waals surface area contributed by atoms with Crippen molar-refractivity contribution in [3.05, 3.63) is 40.9 Å². The van der Waals surface area contributed by atoms with Crippen molar-refractivity contribution in [3.8, 4) is 0 Å². The van der Waals surface area contributed by atoms with Gasteiger partial charge in [0.25, 0.3) is 5.91 Å². The molecule has 2 amide bonds. The number of halogens is 1. The van der Waals surface area contributed by atoms with Gasteiger partial charge in [0.15, 0.2) is 0 Å². The number of amides is 2. The SMILES string of the molecule is C[C@H]1C[C@@H](C(=O)N(N)c2cccc3cc(Br)ccc23)N(C(=O)OC(C)(C)C)C1. The fourth-order valence-electron chi connectivity index (χ4n) is 3.53. The molecule has 6 nitrogen and oxygen atoms in total. The van der Waals surface area contributed by atoms with Gasteiger partial charge in [-0.3, -0.25) is 9.69 Å². The van der Waals surface area contributed by atoms with Crippen LogP contribution in [-0.2, 0) is 9.53 Å². The first-order valence-electron chi connectivity index (χ1n) is 9.33. The Morgan fingerprint density at radius 2 is 1.96 bits per heavy atom. The third kappa shape index (κ3) is 4.31. The lowest BCUT2D eigenvalue weighted by molar-refractivity contribution is -0.123. The summed E-state index contributed by atoms with van der Waals surface area (Å²) in [6.45, 7) is 7.92. The smallest absolute Gasteiger partial charge is 0.410 e. The standard InChI is InChI=1S/C21H26BrN3O3/c1-13-10-18(24(12-13)20(27)28-21(2,3)4)19(26)25(23)17-7-5-6-14-11-15(22)8-9-16(14)17/h5-9,11,13,18H,10,12,23H2,1-4H3/t13-,18-/m0/s1. The van der Waals surface area contributed by atoms with E-state index in [2.05, 4.69) is 15.9 Å². The van der Waals surface area contributed by atoms with E-state index in [9.17, 15) is 9.59 Å². The molecule has 3 rings (SSSR count). The molecule has 0 spiro atoms. The maximum absolute atomic E-state index is 13.2. The van der Waals surface area contributed by atoms with Gasteiger partial charge in [0.05, 0.1) is 5.69 Å². The summed E-state index contributed by atoms with van der Waals surface area (Å²) in [5.41, 5.74) is -0.0132. The molecule has 2 atom stereocenters. The fraction of sp³-hybridized carbons (Fsp3) is 0.429. The Morgan fingerprint density at radius 1 is 1.25 bits per heavy atom. The van der Waals surface area contributed by atoms with Crippen LogP contribution in [0.15, 0.2) is 40.9 Å². The molecule has 0 aromatic heterocycles. The normalized spacial score (nSPS) is 19.7. The first kappa shape index (κ1) is 20.6. The summed E-state index contributed by atoms with van der Waals surface area (Å²) < 4.78 is 6.44. The maximum Gasteiger partial charge on any atom is 0.410 e. The van der Waals surface area contributed by atoms with Gasteiger partial charge in [-0.05, 0) is 56.7 Å². The van der Waals surface area contributed by atoms with Gasteiger partial charge in [0.2, 0.25) is 0 Å². The summed E-state index contributed by atoms with van der Waals surface area (Å²) in [6, 6.07) is 10.8. The Morgan fingerprint density at radius 3 is 2.64 bits per heavy atom. The molecule has 1 saturated heterocycles. The topological polar surface area (TPSA) is 75.9 Å². The number of likely N-dealkylation sites (tertiary alicyclic amines) is 1. The van der Waals surface area contributed by atoms with E-state index in [1.54, 1.807) is 0 Å². The second-order valence-corrected chi connectivity index (χ2v) is 9.26. The summed E-state index contributed by atoms with van der Waals surface area (Å²) >= 11 is 3.46. The minimum atomic E-state index is -0.638. The Labute approximate surface area is 173 Å². The molecular formula is C21H26BrN3O3. The zero-order valence-corrected chi connectivity index (χ0v) is 18.2. The Hall–Kier alpha value is -2.12. The Bertz CT molecular complexity index is 909. The van der Waals surface area contributed by atoms with Crippen LogP contribution in [0.3, 0.4) is 0 Å². The van der Waals surface area contributed by atoms with Gasteiger partial charge in [-0.15, -0.1) is 0 Å². The van der Waals surface area contributed by atoms with Gasteiger partial charge in [-0.25, -0.2) is 15.6 Å². The van der Waals surface area contributed by atoms with E-state index < -0.39 is 17.7 Å². The zero-order chi connectivity index (χ0) is 20.6. The number of benzene rings is 2. The number of carbonyl (C=O) groups is 2. The van der Waals surface area contributed by atoms with Gasteiger partial charge in [-0.1, -0.05) is 41.1 Å². The number of hydrogen-bond donors (Lipinski definition) is 1. The Balaban J connectivity index is 1.89. The summed E-state index contributed by atoms with van der Waals surface area (Å²) in [6.07, 6.45) is 0.0766. The summed E-state index contributed by atoms with van der Waals surface area (Å²) in [5, 5.41) is 3.01. The highest BCUT2D eigenvalue weighted by molar-refractivity contribution is 9.10. The number of anilines is 1. The number of nitrogens with zero attached hydrogens (tertiary/aromatic N) is 2. The minimum absolute atomic E-state index is 0.193. The average Bonchev–Trinajstić information content (AvgIpc) is 3.00. The van der Waals surface area contributed by atoms with Crippen LogP contribution >= 0.6 is 15.9 Å². The molecule has 2 aromatic rings. The van der Waals surface area contributed by atoms with Crippen LogP contribution in [0.4, 0.5) is 10.5 Å². The van der Waals surface area contributed by atoms with E-state index in [0.29, 0.717) is 18.7 Å². The molecular weight excluding hydrogens is 422 g/mol. The minimum Gasteiger partial charge on any atom is -0.444 e. The van der Waals surface area contributed by atoms with Crippen LogP contribution < -0.4 is 10.9 Å². The van der Waals surface area contributed by atoms with Crippen molar-refractivity contribution < 1.29 is 14.3 Å². The molecule has 1 aliphatic rings. The van der Waals surface area contributed by atoms with E-state index in [-0.39, 0.29) is 11.8 Å². The fourth-order valence-corrected chi connectivity index (χ4v) is 3.91. The molecule has 0 saturated carbocycles. The molecule has 1 fully saturated rings. The number of hydrogen-bond acceptors (Lipinski definition) is 4. The van der Waals surface area contributed by atoms with Crippen LogP contribution in [0.1, 0.15) is 34.1 Å². The van der Waals surface area contributed by atoms with Crippen LogP contribution in [0.25, 0.3) is 10.8 Å². The van der Waals surface area contributed by atoms with Crippen molar-refractivity contribution in [2.45, 2.75) is 45.8 Å². The van der Waals surface area contributed by atoms with Crippen molar-refractivity contribution in [1.29, 1.82) is 0 Å². The lowest BCUT2D eigenvalue weighted by atomic mass is 10.1. The molecule has 150 valence electrons. The molecule has 1 aliphatic heterocycles. The van der Waals surface area contributed by atoms with E-state index in [4.69, 9.17) is 10.6 Å². The summed E-state index contributed by atoms with van der Waals surface area (Å²) in [7, 11) is 0. The highest BCUT2D eigenvalue weighted by Gasteiger charge is 2.41. The number of nitrogens with two attached hydrogens (primary N) is 1. The molecule has 2 N–H and O–H groups in total. The van der Waals surface area contributed by atoms with Crippen LogP contribution in [-0.4, -0.2) is 35.1 Å². The molecule has 0 radical (unpaired) electrons. The van der Waals surface area contributed by atoms with Crippen molar-refractivity contribution in [2.24, 2.45) is 11.8 Å². The zero-order valence-electron chi connectivity index (χ0n) is 16.6. The van der Waals surface area contributed by atoms with E-state index >= 15 is 0 Å². The number of rotatable bonds is 2. The summed E-state index contributed by atoms with van der Waals surface area (Å²) in [4.78, 5) is 27.3. The van der Waals surface area contributed by atoms with Gasteiger partial charge in [-0.2, -0.15) is 0 Å². The van der Waals surface area contributed by atoms with Gasteiger partial charge < -0.3 is 4.74 Å². The third-order valence-electron chi connectivity index (χ3n) is 4.74. The first-order chi connectivity index (χ1) is 13.1. The van der Waals surface area contributed by atoms with Crippen LogP contribution in [0, 0.1) is 5.92 Å². The van der Waals surface area contributed by atoms with Gasteiger partial charge >= 0.3 is 6.09 Å². The molecule has 28 heavy (non-hydrogen) atoms. The molecule has 1 heterocycles. The van der Waals surface area contributed by atoms with E-state index in [1.165, 1.54) is 4.90 Å². The second-order valence-electron chi connectivity index (χ2n) is 8.34. The number of ether oxygens (including phenoxy) is 1. The lowest BCUT2D eigenvalue weighted by Crippen LogP contribution is -2.51. The van der Waals surface area contributed by atoms with Crippen molar-refractivity contribution in [3.63, 3.8) is 0 Å². The molecule has 0 unspecified atom stereocenters. The van der Waals surface area contributed by atoms with Crippen molar-refractivity contribution in [1.82, 2.24) is 4.90 Å². The van der Waals surface area contributed by atoms with Crippen molar-refractivity contribution in [2.75, 3.05) is 11.6 Å². The lowest BCUT2D eigenvalue weighted by Gasteiger charge is -2.30. The molecule has 7 heteroatoms. The number of hydrazine groups is 1.